The van der Waals surface area contributed by atoms with Crippen molar-refractivity contribution in [3.8, 4) is 0 Å². The third-order valence-corrected chi connectivity index (χ3v) is 6.16. The standard InChI is InChI=1S/C20H28O10/c1-11-3-4-13(5-17(21)25-7-14-9-27-19(23)29-14)16(12(11)2)6-18(22)26-8-15-10-28-20(24)30-15/h11-16H,3-10H2,1-2H3. The zero-order chi connectivity index (χ0) is 21.7. The van der Waals surface area contributed by atoms with Gasteiger partial charge >= 0.3 is 24.2 Å². The molecule has 30 heavy (non-hydrogen) atoms. The highest BCUT2D eigenvalue weighted by Gasteiger charge is 2.38. The van der Waals surface area contributed by atoms with Crippen LogP contribution < -0.4 is 0 Å². The highest BCUT2D eigenvalue weighted by atomic mass is 16.8. The molecule has 2 aliphatic heterocycles. The van der Waals surface area contributed by atoms with Gasteiger partial charge in [0.1, 0.15) is 26.4 Å². The van der Waals surface area contributed by atoms with E-state index in [1.807, 2.05) is 0 Å². The maximum atomic E-state index is 12.4. The van der Waals surface area contributed by atoms with E-state index in [2.05, 4.69) is 23.3 Å². The van der Waals surface area contributed by atoms with E-state index in [1.165, 1.54) is 0 Å². The van der Waals surface area contributed by atoms with Gasteiger partial charge in [-0.05, 0) is 30.1 Å². The van der Waals surface area contributed by atoms with Gasteiger partial charge in [-0.1, -0.05) is 20.3 Å². The van der Waals surface area contributed by atoms with Crippen LogP contribution in [0.5, 0.6) is 0 Å². The lowest BCUT2D eigenvalue weighted by Gasteiger charge is -2.39. The van der Waals surface area contributed by atoms with Gasteiger partial charge < -0.3 is 28.4 Å². The highest BCUT2D eigenvalue weighted by molar-refractivity contribution is 5.71. The van der Waals surface area contributed by atoms with E-state index in [-0.39, 0.29) is 57.0 Å². The first-order chi connectivity index (χ1) is 14.3. The lowest BCUT2D eigenvalue weighted by molar-refractivity contribution is -0.152. The molecule has 3 fully saturated rings. The number of ether oxygens (including phenoxy) is 6. The van der Waals surface area contributed by atoms with Crippen LogP contribution in [-0.4, -0.2) is 62.9 Å². The predicted octanol–water partition coefficient (Wildman–Crippen LogP) is 2.22. The quantitative estimate of drug-likeness (QED) is 0.420. The lowest BCUT2D eigenvalue weighted by atomic mass is 9.66. The molecule has 6 unspecified atom stereocenters. The Labute approximate surface area is 174 Å². The molecule has 2 heterocycles. The molecular weight excluding hydrogens is 400 g/mol. The normalized spacial score (nSPS) is 33.1. The minimum absolute atomic E-state index is 0.00808. The predicted molar refractivity (Wildman–Crippen MR) is 98.1 cm³/mol. The van der Waals surface area contributed by atoms with Gasteiger partial charge in [-0.15, -0.1) is 0 Å². The summed E-state index contributed by atoms with van der Waals surface area (Å²) in [5, 5.41) is 0. The minimum atomic E-state index is -0.761. The summed E-state index contributed by atoms with van der Waals surface area (Å²) in [5.74, 6) is -0.152. The van der Waals surface area contributed by atoms with Crippen LogP contribution in [0.15, 0.2) is 0 Å². The minimum Gasteiger partial charge on any atom is -0.462 e. The fourth-order valence-corrected chi connectivity index (χ4v) is 4.20. The van der Waals surface area contributed by atoms with Crippen molar-refractivity contribution in [1.82, 2.24) is 0 Å². The van der Waals surface area contributed by atoms with Gasteiger partial charge in [-0.2, -0.15) is 0 Å². The SMILES string of the molecule is CC1CCC(CC(=O)OCC2COC(=O)O2)C(CC(=O)OCC2COC(=O)O2)C1C. The zero-order valence-corrected chi connectivity index (χ0v) is 17.2. The third-order valence-electron chi connectivity index (χ3n) is 6.16. The van der Waals surface area contributed by atoms with Crippen molar-refractivity contribution in [1.29, 1.82) is 0 Å². The first-order valence-electron chi connectivity index (χ1n) is 10.3. The molecule has 3 aliphatic rings. The van der Waals surface area contributed by atoms with Gasteiger partial charge in [0.15, 0.2) is 12.2 Å². The summed E-state index contributed by atoms with van der Waals surface area (Å²) >= 11 is 0. The average molecular weight is 428 g/mol. The van der Waals surface area contributed by atoms with Crippen LogP contribution in [0.3, 0.4) is 0 Å². The Morgan fingerprint density at radius 2 is 1.40 bits per heavy atom. The van der Waals surface area contributed by atoms with E-state index in [4.69, 9.17) is 18.9 Å². The van der Waals surface area contributed by atoms with Gasteiger partial charge in [-0.25, -0.2) is 9.59 Å². The molecule has 2 saturated heterocycles. The molecule has 10 nitrogen and oxygen atoms in total. The molecule has 3 rings (SSSR count). The van der Waals surface area contributed by atoms with Crippen molar-refractivity contribution in [2.45, 2.75) is 51.7 Å². The molecule has 168 valence electrons. The lowest BCUT2D eigenvalue weighted by Crippen LogP contribution is -2.36. The first-order valence-corrected chi connectivity index (χ1v) is 10.3. The van der Waals surface area contributed by atoms with Crippen LogP contribution in [0.1, 0.15) is 39.5 Å². The Morgan fingerprint density at radius 1 is 0.867 bits per heavy atom. The topological polar surface area (TPSA) is 124 Å². The molecule has 1 saturated carbocycles. The molecule has 0 N–H and O–H groups in total. The second kappa shape index (κ2) is 9.99. The number of cyclic esters (lactones) is 4. The van der Waals surface area contributed by atoms with Crippen molar-refractivity contribution >= 4 is 24.2 Å². The summed E-state index contributed by atoms with van der Waals surface area (Å²) in [7, 11) is 0. The van der Waals surface area contributed by atoms with Gasteiger partial charge in [0, 0.05) is 12.8 Å². The summed E-state index contributed by atoms with van der Waals surface area (Å²) in [6, 6.07) is 0. The Kier molecular flexibility index (Phi) is 7.38. The summed E-state index contributed by atoms with van der Waals surface area (Å²) in [5.41, 5.74) is 0. The van der Waals surface area contributed by atoms with Crippen molar-refractivity contribution in [2.75, 3.05) is 26.4 Å². The number of hydrogen-bond donors (Lipinski definition) is 0. The second-order valence-corrected chi connectivity index (χ2v) is 8.21. The Hall–Kier alpha value is -2.52. The maximum Gasteiger partial charge on any atom is 0.508 e. The summed E-state index contributed by atoms with van der Waals surface area (Å²) in [6.45, 7) is 4.27. The van der Waals surface area contributed by atoms with Crippen LogP contribution >= 0.6 is 0 Å². The number of esters is 2. The van der Waals surface area contributed by atoms with E-state index in [0.717, 1.165) is 12.8 Å². The van der Waals surface area contributed by atoms with E-state index < -0.39 is 36.5 Å². The van der Waals surface area contributed by atoms with E-state index in [1.54, 1.807) is 0 Å². The zero-order valence-electron chi connectivity index (χ0n) is 17.2. The van der Waals surface area contributed by atoms with Gasteiger partial charge in [-0.3, -0.25) is 9.59 Å². The fraction of sp³-hybridized carbons (Fsp3) is 0.800. The van der Waals surface area contributed by atoms with E-state index in [9.17, 15) is 19.2 Å². The smallest absolute Gasteiger partial charge is 0.462 e. The van der Waals surface area contributed by atoms with Crippen LogP contribution in [0.25, 0.3) is 0 Å². The van der Waals surface area contributed by atoms with Gasteiger partial charge in [0.25, 0.3) is 0 Å². The molecule has 0 amide bonds. The summed E-state index contributed by atoms with van der Waals surface area (Å²) in [4.78, 5) is 46.6. The molecule has 6 atom stereocenters. The monoisotopic (exact) mass is 428 g/mol. The molecule has 0 spiro atoms. The number of rotatable bonds is 8. The largest absolute Gasteiger partial charge is 0.508 e. The van der Waals surface area contributed by atoms with Gasteiger partial charge in [0.2, 0.25) is 0 Å². The van der Waals surface area contributed by atoms with E-state index >= 15 is 0 Å². The van der Waals surface area contributed by atoms with E-state index in [0.29, 0.717) is 5.92 Å². The van der Waals surface area contributed by atoms with Crippen molar-refractivity contribution < 1.29 is 47.6 Å². The summed E-state index contributed by atoms with van der Waals surface area (Å²) in [6.07, 6.45) is -0.534. The van der Waals surface area contributed by atoms with Crippen LogP contribution in [0.4, 0.5) is 9.59 Å². The van der Waals surface area contributed by atoms with Crippen molar-refractivity contribution in [2.24, 2.45) is 23.7 Å². The second-order valence-electron chi connectivity index (χ2n) is 8.21. The Morgan fingerprint density at radius 3 is 1.90 bits per heavy atom. The van der Waals surface area contributed by atoms with Crippen LogP contribution in [-0.2, 0) is 38.0 Å². The third kappa shape index (κ3) is 5.99. The number of carbonyl (C=O) groups excluding carboxylic acids is 4. The molecule has 0 aromatic rings. The van der Waals surface area contributed by atoms with Gasteiger partial charge in [0.05, 0.1) is 0 Å². The first kappa shape index (κ1) is 22.2. The van der Waals surface area contributed by atoms with Crippen LogP contribution in [0, 0.1) is 23.7 Å². The fourth-order valence-electron chi connectivity index (χ4n) is 4.20. The molecule has 0 bridgehead atoms. The molecule has 0 aromatic heterocycles. The molecule has 0 aromatic carbocycles. The number of hydrogen-bond acceptors (Lipinski definition) is 10. The Balaban J connectivity index is 1.47. The average Bonchev–Trinajstić information content (AvgIpc) is 3.32. The molecule has 0 radical (unpaired) electrons. The molecule has 1 aliphatic carbocycles. The maximum absolute atomic E-state index is 12.4. The molecular formula is C20H28O10. The Bertz CT molecular complexity index is 662. The van der Waals surface area contributed by atoms with Crippen molar-refractivity contribution in [3.63, 3.8) is 0 Å². The molecule has 10 heteroatoms. The number of carbonyl (C=O) groups is 4. The van der Waals surface area contributed by atoms with Crippen molar-refractivity contribution in [3.05, 3.63) is 0 Å². The summed E-state index contributed by atoms with van der Waals surface area (Å²) < 4.78 is 29.5. The van der Waals surface area contributed by atoms with Crippen LogP contribution in [0.2, 0.25) is 0 Å². The highest BCUT2D eigenvalue weighted by Crippen LogP contribution is 2.42.